The van der Waals surface area contributed by atoms with E-state index in [2.05, 4.69) is 30.7 Å². The highest BCUT2D eigenvalue weighted by Gasteiger charge is 2.52. The molecule has 0 N–H and O–H groups in total. The molecule has 6 nitrogen and oxygen atoms in total. The predicted octanol–water partition coefficient (Wildman–Crippen LogP) is 4.61. The van der Waals surface area contributed by atoms with Gasteiger partial charge in [0, 0.05) is 29.5 Å². The zero-order chi connectivity index (χ0) is 19.3. The van der Waals surface area contributed by atoms with Gasteiger partial charge in [-0.3, -0.25) is 4.79 Å². The van der Waals surface area contributed by atoms with Gasteiger partial charge in [-0.1, -0.05) is 12.8 Å². The molecule has 2 saturated carbocycles. The van der Waals surface area contributed by atoms with Crippen LogP contribution >= 0.6 is 28.3 Å². The maximum Gasteiger partial charge on any atom is 0.255 e. The lowest BCUT2D eigenvalue weighted by Gasteiger charge is -2.29. The van der Waals surface area contributed by atoms with Gasteiger partial charge >= 0.3 is 0 Å². The van der Waals surface area contributed by atoms with Crippen LogP contribution in [-0.2, 0) is 0 Å². The molecule has 2 heterocycles. The van der Waals surface area contributed by atoms with E-state index < -0.39 is 0 Å². The average molecular weight is 482 g/mol. The number of likely N-dealkylation sites (tertiary alicyclic amines) is 1. The average Bonchev–Trinajstić information content (AvgIpc) is 3.12. The molecule has 3 fully saturated rings. The highest BCUT2D eigenvalue weighted by molar-refractivity contribution is 9.10. The molecule has 5 rings (SSSR count). The zero-order valence-electron chi connectivity index (χ0n) is 16.5. The summed E-state index contributed by atoms with van der Waals surface area (Å²) in [6.45, 7) is 1.52. The summed E-state index contributed by atoms with van der Waals surface area (Å²) < 4.78 is 8.42. The molecule has 8 heteroatoms. The SMILES string of the molecule is COc1ccc(Br)c(C(=O)N2CC(c3nncn3C3CC3)C3(CCCC3)C2)c1.Cl. The van der Waals surface area contributed by atoms with E-state index in [1.807, 2.05) is 29.4 Å². The summed E-state index contributed by atoms with van der Waals surface area (Å²) in [6.07, 6.45) is 9.11. The van der Waals surface area contributed by atoms with E-state index in [-0.39, 0.29) is 29.6 Å². The number of benzene rings is 1. The van der Waals surface area contributed by atoms with Crippen molar-refractivity contribution in [3.8, 4) is 5.75 Å². The Hall–Kier alpha value is -1.60. The fourth-order valence-electron chi connectivity index (χ4n) is 5.17. The zero-order valence-corrected chi connectivity index (χ0v) is 18.9. The van der Waals surface area contributed by atoms with Gasteiger partial charge in [0.25, 0.3) is 5.91 Å². The molecule has 156 valence electrons. The molecule has 0 radical (unpaired) electrons. The molecule has 1 atom stereocenters. The van der Waals surface area contributed by atoms with Gasteiger partial charge in [-0.25, -0.2) is 0 Å². The van der Waals surface area contributed by atoms with E-state index in [4.69, 9.17) is 4.74 Å². The lowest BCUT2D eigenvalue weighted by atomic mass is 9.76. The number of hydrogen-bond acceptors (Lipinski definition) is 4. The second kappa shape index (κ2) is 7.91. The Morgan fingerprint density at radius 2 is 2.03 bits per heavy atom. The summed E-state index contributed by atoms with van der Waals surface area (Å²) >= 11 is 3.55. The number of aromatic nitrogens is 3. The Morgan fingerprint density at radius 3 is 2.72 bits per heavy atom. The van der Waals surface area contributed by atoms with Crippen LogP contribution in [0.4, 0.5) is 0 Å². The van der Waals surface area contributed by atoms with Gasteiger partial charge in [-0.2, -0.15) is 0 Å². The number of rotatable bonds is 4. The largest absolute Gasteiger partial charge is 0.497 e. The number of ether oxygens (including phenoxy) is 1. The molecule has 1 unspecified atom stereocenters. The van der Waals surface area contributed by atoms with Crippen LogP contribution in [0.2, 0.25) is 0 Å². The van der Waals surface area contributed by atoms with Crippen LogP contribution in [0.5, 0.6) is 5.75 Å². The van der Waals surface area contributed by atoms with Gasteiger partial charge in [-0.15, -0.1) is 22.6 Å². The van der Waals surface area contributed by atoms with E-state index in [1.165, 1.54) is 25.7 Å². The summed E-state index contributed by atoms with van der Waals surface area (Å²) in [6, 6.07) is 6.13. The van der Waals surface area contributed by atoms with Crippen molar-refractivity contribution in [3.05, 3.63) is 40.4 Å². The van der Waals surface area contributed by atoms with E-state index in [0.29, 0.717) is 23.9 Å². The molecule has 1 aromatic carbocycles. The monoisotopic (exact) mass is 480 g/mol. The third-order valence-electron chi connectivity index (χ3n) is 6.79. The van der Waals surface area contributed by atoms with Crippen LogP contribution < -0.4 is 4.74 Å². The van der Waals surface area contributed by atoms with Crippen LogP contribution in [0.15, 0.2) is 29.0 Å². The van der Waals surface area contributed by atoms with Crippen molar-refractivity contribution in [2.75, 3.05) is 20.2 Å². The molecule has 2 aliphatic carbocycles. The summed E-state index contributed by atoms with van der Waals surface area (Å²) in [5.74, 6) is 2.12. The maximum absolute atomic E-state index is 13.4. The van der Waals surface area contributed by atoms with E-state index in [1.54, 1.807) is 7.11 Å². The van der Waals surface area contributed by atoms with Crippen molar-refractivity contribution in [1.29, 1.82) is 0 Å². The molecule has 3 aliphatic rings. The summed E-state index contributed by atoms with van der Waals surface area (Å²) in [5.41, 5.74) is 0.803. The number of methoxy groups -OCH3 is 1. The van der Waals surface area contributed by atoms with Crippen molar-refractivity contribution in [3.63, 3.8) is 0 Å². The number of halogens is 2. The number of hydrogen-bond donors (Lipinski definition) is 0. The Morgan fingerprint density at radius 1 is 1.28 bits per heavy atom. The van der Waals surface area contributed by atoms with Gasteiger partial charge in [0.15, 0.2) is 0 Å². The van der Waals surface area contributed by atoms with Gasteiger partial charge in [0.1, 0.15) is 17.9 Å². The maximum atomic E-state index is 13.4. The van der Waals surface area contributed by atoms with Crippen molar-refractivity contribution in [1.82, 2.24) is 19.7 Å². The van der Waals surface area contributed by atoms with Crippen molar-refractivity contribution in [2.45, 2.75) is 50.5 Å². The Balaban J connectivity index is 0.00000205. The molecule has 1 aromatic heterocycles. The fraction of sp³-hybridized carbons (Fsp3) is 0.571. The van der Waals surface area contributed by atoms with Gasteiger partial charge in [0.05, 0.1) is 12.7 Å². The Bertz CT molecular complexity index is 908. The minimum absolute atomic E-state index is 0. The van der Waals surface area contributed by atoms with E-state index in [9.17, 15) is 4.79 Å². The molecule has 29 heavy (non-hydrogen) atoms. The van der Waals surface area contributed by atoms with Gasteiger partial charge < -0.3 is 14.2 Å². The molecule has 2 aromatic rings. The van der Waals surface area contributed by atoms with Crippen LogP contribution in [0.1, 0.15) is 66.7 Å². The van der Waals surface area contributed by atoms with Gasteiger partial charge in [-0.05, 0) is 65.2 Å². The van der Waals surface area contributed by atoms with E-state index >= 15 is 0 Å². The minimum atomic E-state index is 0. The molecular formula is C21H26BrClN4O2. The normalized spacial score (nSPS) is 22.7. The third-order valence-corrected chi connectivity index (χ3v) is 7.48. The topological polar surface area (TPSA) is 60.2 Å². The lowest BCUT2D eigenvalue weighted by Crippen LogP contribution is -2.31. The van der Waals surface area contributed by atoms with Crippen molar-refractivity contribution in [2.24, 2.45) is 5.41 Å². The van der Waals surface area contributed by atoms with Crippen LogP contribution in [0, 0.1) is 5.41 Å². The van der Waals surface area contributed by atoms with Crippen LogP contribution in [0.25, 0.3) is 0 Å². The quantitative estimate of drug-likeness (QED) is 0.640. The van der Waals surface area contributed by atoms with E-state index in [0.717, 1.165) is 29.7 Å². The molecule has 1 saturated heterocycles. The number of carbonyl (C=O) groups is 1. The molecule has 1 amide bonds. The predicted molar refractivity (Wildman–Crippen MR) is 116 cm³/mol. The smallest absolute Gasteiger partial charge is 0.255 e. The van der Waals surface area contributed by atoms with Crippen molar-refractivity contribution >= 4 is 34.2 Å². The minimum Gasteiger partial charge on any atom is -0.497 e. The molecule has 1 spiro atoms. The highest BCUT2D eigenvalue weighted by Crippen LogP contribution is 2.54. The first-order valence-electron chi connectivity index (χ1n) is 10.1. The fourth-order valence-corrected chi connectivity index (χ4v) is 5.58. The summed E-state index contributed by atoms with van der Waals surface area (Å²) in [4.78, 5) is 15.4. The number of carbonyl (C=O) groups excluding carboxylic acids is 1. The second-order valence-corrected chi connectivity index (χ2v) is 9.34. The highest BCUT2D eigenvalue weighted by atomic mass is 79.9. The second-order valence-electron chi connectivity index (χ2n) is 8.48. The summed E-state index contributed by atoms with van der Waals surface area (Å²) in [5, 5.41) is 8.77. The summed E-state index contributed by atoms with van der Waals surface area (Å²) in [7, 11) is 1.63. The molecular weight excluding hydrogens is 456 g/mol. The van der Waals surface area contributed by atoms with Crippen LogP contribution in [-0.4, -0.2) is 45.8 Å². The Kier molecular flexibility index (Phi) is 5.64. The standard InChI is InChI=1S/C21H25BrN4O2.ClH/c1-28-15-6-7-18(22)16(10-15)20(27)25-11-17(21(12-25)8-2-3-9-21)19-24-23-13-26(19)14-4-5-14;/h6-7,10,13-14,17H,2-5,8-9,11-12H2,1H3;1H. The first-order valence-corrected chi connectivity index (χ1v) is 10.9. The van der Waals surface area contributed by atoms with Crippen LogP contribution in [0.3, 0.4) is 0 Å². The molecule has 1 aliphatic heterocycles. The first-order chi connectivity index (χ1) is 13.6. The van der Waals surface area contributed by atoms with Gasteiger partial charge in [0.2, 0.25) is 0 Å². The first kappa shape index (κ1) is 20.7. The number of amides is 1. The Labute approximate surface area is 185 Å². The lowest BCUT2D eigenvalue weighted by molar-refractivity contribution is 0.0772. The third kappa shape index (κ3) is 3.56. The molecule has 0 bridgehead atoms. The van der Waals surface area contributed by atoms with Crippen molar-refractivity contribution < 1.29 is 9.53 Å². The number of nitrogens with zero attached hydrogens (tertiary/aromatic N) is 4.